The summed E-state index contributed by atoms with van der Waals surface area (Å²) >= 11 is 1.54. The van der Waals surface area contributed by atoms with Gasteiger partial charge in [0.15, 0.2) is 0 Å². The number of hydrogen-bond acceptors (Lipinski definition) is 5. The molecule has 2 rings (SSSR count). The fourth-order valence-electron chi connectivity index (χ4n) is 1.75. The second kappa shape index (κ2) is 6.34. The Balaban J connectivity index is 2.20. The average molecular weight is 311 g/mol. The van der Waals surface area contributed by atoms with Crippen molar-refractivity contribution in [1.82, 2.24) is 9.71 Å². The predicted octanol–water partition coefficient (Wildman–Crippen LogP) is 2.36. The van der Waals surface area contributed by atoms with Crippen LogP contribution in [0.3, 0.4) is 0 Å². The number of thiophene rings is 1. The van der Waals surface area contributed by atoms with Crippen LogP contribution in [0.5, 0.6) is 0 Å². The molecule has 0 spiro atoms. The number of anilines is 1. The molecule has 108 valence electrons. The molecule has 0 aliphatic rings. The van der Waals surface area contributed by atoms with Crippen molar-refractivity contribution in [3.05, 3.63) is 40.3 Å². The van der Waals surface area contributed by atoms with Crippen molar-refractivity contribution < 1.29 is 8.42 Å². The number of hydrogen-bond donors (Lipinski definition) is 2. The standard InChI is InChI=1S/C13H17N3O2S2/c1-3-15-11-4-6-14-9-13(11)20(17,18)16-8-12-10(2)5-7-19-12/h4-7,9,16H,3,8H2,1-2H3,(H,14,15). The maximum absolute atomic E-state index is 12.3. The zero-order chi connectivity index (χ0) is 14.6. The van der Waals surface area contributed by atoms with Crippen LogP contribution in [-0.2, 0) is 16.6 Å². The highest BCUT2D eigenvalue weighted by Crippen LogP contribution is 2.21. The molecule has 20 heavy (non-hydrogen) atoms. The van der Waals surface area contributed by atoms with Crippen molar-refractivity contribution in [3.8, 4) is 0 Å². The smallest absolute Gasteiger partial charge is 0.244 e. The Morgan fingerprint density at radius 2 is 2.15 bits per heavy atom. The minimum absolute atomic E-state index is 0.177. The van der Waals surface area contributed by atoms with Crippen LogP contribution in [0.25, 0.3) is 0 Å². The van der Waals surface area contributed by atoms with Gasteiger partial charge in [0.2, 0.25) is 10.0 Å². The monoisotopic (exact) mass is 311 g/mol. The average Bonchev–Trinajstić information content (AvgIpc) is 2.83. The predicted molar refractivity (Wildman–Crippen MR) is 81.5 cm³/mol. The molecule has 2 aromatic rings. The van der Waals surface area contributed by atoms with Crippen LogP contribution in [0.1, 0.15) is 17.4 Å². The molecule has 0 saturated carbocycles. The molecule has 5 nitrogen and oxygen atoms in total. The molecule has 0 aliphatic heterocycles. The van der Waals surface area contributed by atoms with E-state index < -0.39 is 10.0 Å². The lowest BCUT2D eigenvalue weighted by molar-refractivity contribution is 0.581. The van der Waals surface area contributed by atoms with Gasteiger partial charge in [0.1, 0.15) is 4.90 Å². The molecule has 0 unspecified atom stereocenters. The topological polar surface area (TPSA) is 71.1 Å². The molecule has 0 radical (unpaired) electrons. The number of nitrogens with one attached hydrogen (secondary N) is 2. The van der Waals surface area contributed by atoms with Crippen molar-refractivity contribution in [3.63, 3.8) is 0 Å². The summed E-state index contributed by atoms with van der Waals surface area (Å²) in [5, 5.41) is 4.98. The largest absolute Gasteiger partial charge is 0.384 e. The molecule has 2 N–H and O–H groups in total. The Morgan fingerprint density at radius 3 is 2.80 bits per heavy atom. The first-order valence-corrected chi connectivity index (χ1v) is 8.61. The van der Waals surface area contributed by atoms with Gasteiger partial charge in [0.05, 0.1) is 5.69 Å². The van der Waals surface area contributed by atoms with E-state index in [-0.39, 0.29) is 4.90 Å². The highest BCUT2D eigenvalue weighted by Gasteiger charge is 2.18. The van der Waals surface area contributed by atoms with Crippen LogP contribution >= 0.6 is 11.3 Å². The van der Waals surface area contributed by atoms with E-state index in [1.54, 1.807) is 23.6 Å². The zero-order valence-corrected chi connectivity index (χ0v) is 13.0. The number of nitrogens with zero attached hydrogens (tertiary/aromatic N) is 1. The fourth-order valence-corrected chi connectivity index (χ4v) is 3.81. The summed E-state index contributed by atoms with van der Waals surface area (Å²) in [4.78, 5) is 5.09. The van der Waals surface area contributed by atoms with Crippen molar-refractivity contribution in [1.29, 1.82) is 0 Å². The minimum Gasteiger partial charge on any atom is -0.384 e. The third-order valence-electron chi connectivity index (χ3n) is 2.83. The Hall–Kier alpha value is -1.44. The summed E-state index contributed by atoms with van der Waals surface area (Å²) in [6, 6.07) is 3.64. The van der Waals surface area contributed by atoms with Gasteiger partial charge in [0.25, 0.3) is 0 Å². The van der Waals surface area contributed by atoms with Gasteiger partial charge >= 0.3 is 0 Å². The van der Waals surface area contributed by atoms with Gasteiger partial charge in [-0.25, -0.2) is 13.1 Å². The number of pyridine rings is 1. The summed E-state index contributed by atoms with van der Waals surface area (Å²) in [6.07, 6.45) is 2.93. The van der Waals surface area contributed by atoms with Crippen LogP contribution in [0.4, 0.5) is 5.69 Å². The van der Waals surface area contributed by atoms with Crippen molar-refractivity contribution in [2.24, 2.45) is 0 Å². The van der Waals surface area contributed by atoms with E-state index in [9.17, 15) is 8.42 Å². The van der Waals surface area contributed by atoms with E-state index in [0.29, 0.717) is 18.8 Å². The third-order valence-corrected chi connectivity index (χ3v) is 5.28. The maximum Gasteiger partial charge on any atom is 0.244 e. The highest BCUT2D eigenvalue weighted by molar-refractivity contribution is 7.89. The lowest BCUT2D eigenvalue weighted by Crippen LogP contribution is -2.24. The molecular weight excluding hydrogens is 294 g/mol. The molecule has 0 aromatic carbocycles. The van der Waals surface area contributed by atoms with Gasteiger partial charge in [-0.1, -0.05) is 0 Å². The van der Waals surface area contributed by atoms with Gasteiger partial charge < -0.3 is 5.32 Å². The van der Waals surface area contributed by atoms with Crippen LogP contribution < -0.4 is 10.0 Å². The first-order chi connectivity index (χ1) is 9.54. The molecule has 2 heterocycles. The molecular formula is C13H17N3O2S2. The van der Waals surface area contributed by atoms with Gasteiger partial charge in [-0.15, -0.1) is 11.3 Å². The Labute approximate surface area is 123 Å². The molecule has 0 atom stereocenters. The number of aromatic nitrogens is 1. The van der Waals surface area contributed by atoms with E-state index in [1.807, 2.05) is 25.3 Å². The number of aryl methyl sites for hydroxylation is 1. The highest BCUT2D eigenvalue weighted by atomic mass is 32.2. The van der Waals surface area contributed by atoms with Gasteiger partial charge in [-0.3, -0.25) is 4.98 Å². The van der Waals surface area contributed by atoms with E-state index >= 15 is 0 Å². The van der Waals surface area contributed by atoms with Gasteiger partial charge in [0, 0.05) is 30.4 Å². The van der Waals surface area contributed by atoms with E-state index in [4.69, 9.17) is 0 Å². The van der Waals surface area contributed by atoms with Crippen LogP contribution in [0.15, 0.2) is 34.8 Å². The molecule has 7 heteroatoms. The van der Waals surface area contributed by atoms with Gasteiger partial charge in [-0.2, -0.15) is 0 Å². The SMILES string of the molecule is CCNc1ccncc1S(=O)(=O)NCc1sccc1C. The number of sulfonamides is 1. The van der Waals surface area contributed by atoms with E-state index in [1.165, 1.54) is 6.20 Å². The second-order valence-corrected chi connectivity index (χ2v) is 6.99. The maximum atomic E-state index is 12.3. The fraction of sp³-hybridized carbons (Fsp3) is 0.308. The first-order valence-electron chi connectivity index (χ1n) is 6.25. The van der Waals surface area contributed by atoms with Crippen molar-refractivity contribution >= 4 is 27.0 Å². The normalized spacial score (nSPS) is 11.5. The Bertz CT molecular complexity index is 680. The number of rotatable bonds is 6. The summed E-state index contributed by atoms with van der Waals surface area (Å²) < 4.78 is 27.3. The Kier molecular flexibility index (Phi) is 4.74. The van der Waals surface area contributed by atoms with Crippen molar-refractivity contribution in [2.45, 2.75) is 25.3 Å². The quantitative estimate of drug-likeness (QED) is 0.859. The molecule has 0 saturated heterocycles. The van der Waals surface area contributed by atoms with E-state index in [0.717, 1.165) is 10.4 Å². The van der Waals surface area contributed by atoms with Gasteiger partial charge in [-0.05, 0) is 36.9 Å². The van der Waals surface area contributed by atoms with E-state index in [2.05, 4.69) is 15.0 Å². The summed E-state index contributed by atoms with van der Waals surface area (Å²) in [5.41, 5.74) is 1.66. The zero-order valence-electron chi connectivity index (χ0n) is 11.4. The van der Waals surface area contributed by atoms with Crippen LogP contribution in [-0.4, -0.2) is 19.9 Å². The van der Waals surface area contributed by atoms with Crippen molar-refractivity contribution in [2.75, 3.05) is 11.9 Å². The van der Waals surface area contributed by atoms with Crippen LogP contribution in [0, 0.1) is 6.92 Å². The summed E-state index contributed by atoms with van der Waals surface area (Å²) in [6.45, 7) is 4.83. The Morgan fingerprint density at radius 1 is 1.35 bits per heavy atom. The molecule has 0 fully saturated rings. The summed E-state index contributed by atoms with van der Waals surface area (Å²) in [5.74, 6) is 0. The molecule has 0 amide bonds. The minimum atomic E-state index is -3.57. The third kappa shape index (κ3) is 3.36. The second-order valence-electron chi connectivity index (χ2n) is 4.25. The molecule has 0 aliphatic carbocycles. The van der Waals surface area contributed by atoms with Crippen LogP contribution in [0.2, 0.25) is 0 Å². The lowest BCUT2D eigenvalue weighted by Gasteiger charge is -2.11. The molecule has 0 bridgehead atoms. The lowest BCUT2D eigenvalue weighted by atomic mass is 10.3. The first kappa shape index (κ1) is 15.0. The molecule has 2 aromatic heterocycles. The summed E-state index contributed by atoms with van der Waals surface area (Å²) in [7, 11) is -3.57.